The van der Waals surface area contributed by atoms with Crippen molar-refractivity contribution < 1.29 is 4.79 Å². The molecular formula is C17H21N3O. The van der Waals surface area contributed by atoms with Crippen molar-refractivity contribution in [3.63, 3.8) is 0 Å². The number of benzene rings is 1. The molecule has 0 saturated heterocycles. The predicted molar refractivity (Wildman–Crippen MR) is 83.5 cm³/mol. The zero-order valence-electron chi connectivity index (χ0n) is 12.1. The number of aromatic nitrogens is 1. The molecule has 0 aliphatic carbocycles. The van der Waals surface area contributed by atoms with Gasteiger partial charge in [-0.25, -0.2) is 0 Å². The highest BCUT2D eigenvalue weighted by Gasteiger charge is 2.14. The molecule has 0 saturated carbocycles. The van der Waals surface area contributed by atoms with Crippen LogP contribution in [0.3, 0.4) is 0 Å². The zero-order valence-corrected chi connectivity index (χ0v) is 12.1. The van der Waals surface area contributed by atoms with E-state index < -0.39 is 0 Å². The van der Waals surface area contributed by atoms with E-state index in [1.54, 1.807) is 12.4 Å². The van der Waals surface area contributed by atoms with Gasteiger partial charge in [0, 0.05) is 25.5 Å². The van der Waals surface area contributed by atoms with Crippen molar-refractivity contribution >= 4 is 5.91 Å². The summed E-state index contributed by atoms with van der Waals surface area (Å²) < 4.78 is 0. The first kappa shape index (κ1) is 15.2. The van der Waals surface area contributed by atoms with E-state index in [2.05, 4.69) is 4.98 Å². The van der Waals surface area contributed by atoms with Crippen LogP contribution in [0, 0.1) is 0 Å². The summed E-state index contributed by atoms with van der Waals surface area (Å²) in [7, 11) is 0. The highest BCUT2D eigenvalue weighted by Crippen LogP contribution is 2.08. The topological polar surface area (TPSA) is 59.2 Å². The molecule has 2 rings (SSSR count). The third kappa shape index (κ3) is 5.00. The Kier molecular flexibility index (Phi) is 5.91. The van der Waals surface area contributed by atoms with Gasteiger partial charge in [-0.2, -0.15) is 0 Å². The minimum atomic E-state index is 0.124. The lowest BCUT2D eigenvalue weighted by molar-refractivity contribution is -0.131. The predicted octanol–water partition coefficient (Wildman–Crippen LogP) is 2.00. The average Bonchev–Trinajstić information content (AvgIpc) is 2.53. The summed E-state index contributed by atoms with van der Waals surface area (Å²) in [4.78, 5) is 18.3. The molecule has 1 amide bonds. The second-order valence-electron chi connectivity index (χ2n) is 4.98. The van der Waals surface area contributed by atoms with Gasteiger partial charge in [0.25, 0.3) is 0 Å². The summed E-state index contributed by atoms with van der Waals surface area (Å²) >= 11 is 0. The number of carbonyl (C=O) groups is 1. The van der Waals surface area contributed by atoms with E-state index in [-0.39, 0.29) is 5.91 Å². The van der Waals surface area contributed by atoms with Crippen LogP contribution < -0.4 is 5.73 Å². The van der Waals surface area contributed by atoms with Gasteiger partial charge in [0.1, 0.15) is 0 Å². The fourth-order valence-electron chi connectivity index (χ4n) is 2.16. The summed E-state index contributed by atoms with van der Waals surface area (Å²) in [5.41, 5.74) is 7.70. The Bertz CT molecular complexity index is 542. The largest absolute Gasteiger partial charge is 0.338 e. The van der Waals surface area contributed by atoms with Gasteiger partial charge in [0.2, 0.25) is 5.91 Å². The van der Waals surface area contributed by atoms with E-state index in [4.69, 9.17) is 5.73 Å². The first-order chi connectivity index (χ1) is 10.3. The molecule has 1 aromatic carbocycles. The zero-order chi connectivity index (χ0) is 14.9. The molecule has 2 N–H and O–H groups in total. The number of hydrogen-bond acceptors (Lipinski definition) is 3. The molecule has 1 heterocycles. The molecule has 0 aliphatic rings. The Labute approximate surface area is 125 Å². The van der Waals surface area contributed by atoms with Crippen LogP contribution in [0.25, 0.3) is 0 Å². The van der Waals surface area contributed by atoms with E-state index >= 15 is 0 Å². The normalized spacial score (nSPS) is 10.3. The lowest BCUT2D eigenvalue weighted by atomic mass is 10.1. The maximum absolute atomic E-state index is 12.5. The van der Waals surface area contributed by atoms with Crippen molar-refractivity contribution in [2.24, 2.45) is 5.73 Å². The minimum absolute atomic E-state index is 0.124. The van der Waals surface area contributed by atoms with Crippen molar-refractivity contribution in [3.8, 4) is 0 Å². The van der Waals surface area contributed by atoms with Gasteiger partial charge < -0.3 is 10.6 Å². The van der Waals surface area contributed by atoms with Crippen LogP contribution in [0.4, 0.5) is 0 Å². The SMILES string of the molecule is NCCCN(Cc1ccccc1)C(=O)Cc1ccncc1. The second-order valence-corrected chi connectivity index (χ2v) is 4.98. The molecule has 110 valence electrons. The number of hydrogen-bond donors (Lipinski definition) is 1. The number of carbonyl (C=O) groups excluding carboxylic acids is 1. The van der Waals surface area contributed by atoms with Crippen molar-refractivity contribution in [2.45, 2.75) is 19.4 Å². The van der Waals surface area contributed by atoms with Crippen LogP contribution >= 0.6 is 0 Å². The molecule has 4 nitrogen and oxygen atoms in total. The van der Waals surface area contributed by atoms with Gasteiger partial charge in [-0.1, -0.05) is 30.3 Å². The number of pyridine rings is 1. The third-order valence-corrected chi connectivity index (χ3v) is 3.31. The Morgan fingerprint density at radius 1 is 1.05 bits per heavy atom. The van der Waals surface area contributed by atoms with E-state index in [0.29, 0.717) is 26.1 Å². The van der Waals surface area contributed by atoms with Gasteiger partial charge >= 0.3 is 0 Å². The first-order valence-corrected chi connectivity index (χ1v) is 7.20. The molecule has 0 spiro atoms. The summed E-state index contributed by atoms with van der Waals surface area (Å²) in [6, 6.07) is 13.8. The van der Waals surface area contributed by atoms with Crippen LogP contribution in [0.2, 0.25) is 0 Å². The fraction of sp³-hybridized carbons (Fsp3) is 0.294. The second kappa shape index (κ2) is 8.17. The van der Waals surface area contributed by atoms with Crippen LogP contribution in [0.5, 0.6) is 0 Å². The highest BCUT2D eigenvalue weighted by atomic mass is 16.2. The van der Waals surface area contributed by atoms with Crippen LogP contribution in [0.15, 0.2) is 54.9 Å². The minimum Gasteiger partial charge on any atom is -0.338 e. The molecule has 0 bridgehead atoms. The summed E-state index contributed by atoms with van der Waals surface area (Å²) in [6.45, 7) is 1.91. The molecule has 0 radical (unpaired) electrons. The third-order valence-electron chi connectivity index (χ3n) is 3.31. The van der Waals surface area contributed by atoms with Crippen LogP contribution in [-0.2, 0) is 17.8 Å². The lowest BCUT2D eigenvalue weighted by Crippen LogP contribution is -2.33. The number of nitrogens with zero attached hydrogens (tertiary/aromatic N) is 2. The Morgan fingerprint density at radius 2 is 1.76 bits per heavy atom. The first-order valence-electron chi connectivity index (χ1n) is 7.20. The number of amides is 1. The molecular weight excluding hydrogens is 262 g/mol. The molecule has 0 atom stereocenters. The smallest absolute Gasteiger partial charge is 0.227 e. The van der Waals surface area contributed by atoms with E-state index in [0.717, 1.165) is 17.5 Å². The number of nitrogens with two attached hydrogens (primary N) is 1. The number of rotatable bonds is 7. The van der Waals surface area contributed by atoms with Crippen molar-refractivity contribution in [3.05, 3.63) is 66.0 Å². The molecule has 2 aromatic rings. The molecule has 1 aromatic heterocycles. The monoisotopic (exact) mass is 283 g/mol. The summed E-state index contributed by atoms with van der Waals surface area (Å²) in [6.07, 6.45) is 4.64. The molecule has 21 heavy (non-hydrogen) atoms. The maximum Gasteiger partial charge on any atom is 0.227 e. The van der Waals surface area contributed by atoms with E-state index in [9.17, 15) is 4.79 Å². The molecule has 4 heteroatoms. The van der Waals surface area contributed by atoms with Crippen molar-refractivity contribution in [1.29, 1.82) is 0 Å². The van der Waals surface area contributed by atoms with E-state index in [1.165, 1.54) is 0 Å². The lowest BCUT2D eigenvalue weighted by Gasteiger charge is -2.23. The van der Waals surface area contributed by atoms with Gasteiger partial charge in [-0.05, 0) is 36.2 Å². The van der Waals surface area contributed by atoms with Crippen LogP contribution in [-0.4, -0.2) is 28.9 Å². The van der Waals surface area contributed by atoms with Gasteiger partial charge in [0.15, 0.2) is 0 Å². The summed E-state index contributed by atoms with van der Waals surface area (Å²) in [5, 5.41) is 0. The Hall–Kier alpha value is -2.20. The Balaban J connectivity index is 2.02. The molecule has 0 unspecified atom stereocenters. The fourth-order valence-corrected chi connectivity index (χ4v) is 2.16. The van der Waals surface area contributed by atoms with Crippen molar-refractivity contribution in [2.75, 3.05) is 13.1 Å². The summed E-state index contributed by atoms with van der Waals surface area (Å²) in [5.74, 6) is 0.124. The standard InChI is InChI=1S/C17H21N3O/c18-9-4-12-20(14-16-5-2-1-3-6-16)17(21)13-15-7-10-19-11-8-15/h1-3,5-8,10-11H,4,9,12-14,18H2. The molecule has 0 fully saturated rings. The van der Waals surface area contributed by atoms with Gasteiger partial charge in [-0.3, -0.25) is 9.78 Å². The van der Waals surface area contributed by atoms with Crippen molar-refractivity contribution in [1.82, 2.24) is 9.88 Å². The molecule has 0 aliphatic heterocycles. The maximum atomic E-state index is 12.5. The quantitative estimate of drug-likeness (QED) is 0.845. The van der Waals surface area contributed by atoms with E-state index in [1.807, 2.05) is 47.4 Å². The average molecular weight is 283 g/mol. The van der Waals surface area contributed by atoms with Gasteiger partial charge in [0.05, 0.1) is 6.42 Å². The highest BCUT2D eigenvalue weighted by molar-refractivity contribution is 5.78. The Morgan fingerprint density at radius 3 is 2.43 bits per heavy atom. The van der Waals surface area contributed by atoms with Crippen LogP contribution in [0.1, 0.15) is 17.5 Å². The van der Waals surface area contributed by atoms with Gasteiger partial charge in [-0.15, -0.1) is 0 Å².